The van der Waals surface area contributed by atoms with Crippen molar-refractivity contribution in [2.45, 2.75) is 12.8 Å². The van der Waals surface area contributed by atoms with Crippen LogP contribution in [0.15, 0.2) is 83.3 Å². The van der Waals surface area contributed by atoms with Gasteiger partial charge >= 0.3 is 5.97 Å². The molecule has 5 rings (SSSR count). The highest BCUT2D eigenvalue weighted by molar-refractivity contribution is 5.90. The number of carbonyl (C=O) groups is 1. The third-order valence-electron chi connectivity index (χ3n) is 6.53. The lowest BCUT2D eigenvalue weighted by Crippen LogP contribution is -2.24. The zero-order valence-electron chi connectivity index (χ0n) is 20.8. The lowest BCUT2D eigenvalue weighted by atomic mass is 9.98. The van der Waals surface area contributed by atoms with Crippen LogP contribution >= 0.6 is 0 Å². The average Bonchev–Trinajstić information content (AvgIpc) is 3.25. The number of anilines is 3. The number of aromatic carboxylic acids is 1. The predicted molar refractivity (Wildman–Crippen MR) is 148 cm³/mol. The Kier molecular flexibility index (Phi) is 6.54. The summed E-state index contributed by atoms with van der Waals surface area (Å²) >= 11 is 0. The summed E-state index contributed by atoms with van der Waals surface area (Å²) in [5, 5.41) is 12.3. The summed E-state index contributed by atoms with van der Waals surface area (Å²) in [6.45, 7) is 0.961. The summed E-state index contributed by atoms with van der Waals surface area (Å²) in [7, 11) is 4.07. The van der Waals surface area contributed by atoms with Crippen molar-refractivity contribution in [2.75, 3.05) is 30.4 Å². The minimum Gasteiger partial charge on any atom is -0.477 e. The number of fused-ring (bicyclic) bond motifs is 1. The maximum absolute atomic E-state index is 12.9. The number of hydrogen-bond acceptors (Lipinski definition) is 4. The second kappa shape index (κ2) is 10.1. The zero-order chi connectivity index (χ0) is 25.9. The molecule has 7 nitrogen and oxygen atoms in total. The smallest absolute Gasteiger partial charge is 0.354 e. The Hall–Kier alpha value is -4.74. The maximum Gasteiger partial charge on any atom is 0.354 e. The molecule has 0 saturated carbocycles. The minimum atomic E-state index is -1.20. The van der Waals surface area contributed by atoms with Crippen molar-refractivity contribution in [3.8, 4) is 5.69 Å². The van der Waals surface area contributed by atoms with E-state index in [1.165, 1.54) is 22.0 Å². The average molecular weight is 493 g/mol. The van der Waals surface area contributed by atoms with Crippen LogP contribution in [0.2, 0.25) is 0 Å². The first-order valence-corrected chi connectivity index (χ1v) is 12.2. The predicted octanol–water partition coefficient (Wildman–Crippen LogP) is 5.34. The number of benzene rings is 3. The molecule has 1 aliphatic heterocycles. The SMILES string of the molecule is CN(C)c1ccc(N2CCCc3cc(C=C=Cc4c(C(=O)O)[nH]n(-c5ccccc5)c4=O)ccc32)cc1. The van der Waals surface area contributed by atoms with Crippen molar-refractivity contribution in [1.82, 2.24) is 9.78 Å². The van der Waals surface area contributed by atoms with Gasteiger partial charge in [0.2, 0.25) is 0 Å². The fourth-order valence-corrected chi connectivity index (χ4v) is 4.63. The first-order chi connectivity index (χ1) is 17.9. The van der Waals surface area contributed by atoms with Crippen molar-refractivity contribution in [2.24, 2.45) is 0 Å². The summed E-state index contributed by atoms with van der Waals surface area (Å²) in [5.41, 5.74) is 8.74. The topological polar surface area (TPSA) is 81.6 Å². The van der Waals surface area contributed by atoms with Crippen LogP contribution in [0.1, 0.15) is 33.6 Å². The zero-order valence-corrected chi connectivity index (χ0v) is 20.8. The van der Waals surface area contributed by atoms with E-state index in [4.69, 9.17) is 0 Å². The van der Waals surface area contributed by atoms with Gasteiger partial charge in [-0.05, 0) is 84.7 Å². The van der Waals surface area contributed by atoms with Crippen LogP contribution in [-0.2, 0) is 6.42 Å². The van der Waals surface area contributed by atoms with Gasteiger partial charge in [0.05, 0.1) is 11.3 Å². The van der Waals surface area contributed by atoms with E-state index in [1.807, 2.05) is 26.2 Å². The van der Waals surface area contributed by atoms with Crippen molar-refractivity contribution in [1.29, 1.82) is 0 Å². The van der Waals surface area contributed by atoms with Crippen molar-refractivity contribution in [3.63, 3.8) is 0 Å². The molecule has 7 heteroatoms. The lowest BCUT2D eigenvalue weighted by Gasteiger charge is -2.32. The second-order valence-electron chi connectivity index (χ2n) is 9.19. The molecule has 0 radical (unpaired) electrons. The molecule has 0 unspecified atom stereocenters. The van der Waals surface area contributed by atoms with Crippen molar-refractivity contribution in [3.05, 3.63) is 111 Å². The van der Waals surface area contributed by atoms with Gasteiger partial charge in [-0.3, -0.25) is 9.89 Å². The number of nitrogens with zero attached hydrogens (tertiary/aromatic N) is 3. The van der Waals surface area contributed by atoms with Gasteiger partial charge in [-0.15, -0.1) is 5.73 Å². The molecule has 0 amide bonds. The molecule has 0 saturated heterocycles. The molecule has 186 valence electrons. The van der Waals surface area contributed by atoms with Gasteiger partial charge in [0.15, 0.2) is 5.69 Å². The third-order valence-corrected chi connectivity index (χ3v) is 6.53. The van der Waals surface area contributed by atoms with Crippen LogP contribution in [-0.4, -0.2) is 41.5 Å². The lowest BCUT2D eigenvalue weighted by molar-refractivity contribution is 0.0689. The van der Waals surface area contributed by atoms with Gasteiger partial charge in [0, 0.05) is 37.7 Å². The fourth-order valence-electron chi connectivity index (χ4n) is 4.63. The van der Waals surface area contributed by atoms with E-state index >= 15 is 0 Å². The van der Waals surface area contributed by atoms with Gasteiger partial charge in [0.1, 0.15) is 0 Å². The number of carboxylic acids is 1. The second-order valence-corrected chi connectivity index (χ2v) is 9.19. The molecule has 37 heavy (non-hydrogen) atoms. The molecule has 4 aromatic rings. The largest absolute Gasteiger partial charge is 0.477 e. The molecule has 0 spiro atoms. The first kappa shape index (κ1) is 24.0. The summed E-state index contributed by atoms with van der Waals surface area (Å²) < 4.78 is 1.23. The molecule has 3 aromatic carbocycles. The highest BCUT2D eigenvalue weighted by Gasteiger charge is 2.19. The van der Waals surface area contributed by atoms with Gasteiger partial charge in [-0.1, -0.05) is 24.3 Å². The van der Waals surface area contributed by atoms with Gasteiger partial charge in [0.25, 0.3) is 5.56 Å². The summed E-state index contributed by atoms with van der Waals surface area (Å²) in [5.74, 6) is -1.20. The third kappa shape index (κ3) is 4.85. The van der Waals surface area contributed by atoms with E-state index in [0.29, 0.717) is 5.69 Å². The monoisotopic (exact) mass is 492 g/mol. The Labute approximate surface area is 215 Å². The normalized spacial score (nSPS) is 12.4. The molecule has 1 aliphatic rings. The molecule has 0 fully saturated rings. The quantitative estimate of drug-likeness (QED) is 0.355. The molecule has 2 heterocycles. The Morgan fingerprint density at radius 3 is 2.46 bits per heavy atom. The number of nitrogens with one attached hydrogen (secondary N) is 1. The number of aromatic amines is 1. The van der Waals surface area contributed by atoms with Gasteiger partial charge < -0.3 is 14.9 Å². The number of aryl methyl sites for hydroxylation is 1. The van der Waals surface area contributed by atoms with E-state index in [2.05, 4.69) is 57.0 Å². The van der Waals surface area contributed by atoms with Crippen LogP contribution in [0.5, 0.6) is 0 Å². The highest BCUT2D eigenvalue weighted by Crippen LogP contribution is 2.35. The maximum atomic E-state index is 12.9. The number of H-pyrrole nitrogens is 1. The van der Waals surface area contributed by atoms with Gasteiger partial charge in [-0.2, -0.15) is 0 Å². The van der Waals surface area contributed by atoms with Crippen molar-refractivity contribution < 1.29 is 9.90 Å². The number of carboxylic acid groups (broad SMARTS) is 1. The molecular formula is C30H28N4O3. The molecular weight excluding hydrogens is 464 g/mol. The Bertz CT molecular complexity index is 1560. The Morgan fingerprint density at radius 2 is 1.76 bits per heavy atom. The van der Waals surface area contributed by atoms with Crippen LogP contribution in [0.25, 0.3) is 17.8 Å². The van der Waals surface area contributed by atoms with Crippen LogP contribution in [0, 0.1) is 0 Å². The standard InChI is InChI=1S/C30H28N4O3/c1-32(2)23-14-16-24(17-15-23)33-19-7-9-22-20-21(13-18-27(22)33)8-6-12-26-28(30(36)37)31-34(29(26)35)25-10-4-3-5-11-25/h3-5,8,10-18,20,31H,7,9,19H2,1-2H3,(H,36,37). The first-order valence-electron chi connectivity index (χ1n) is 12.2. The fraction of sp³-hybridized carbons (Fsp3) is 0.167. The van der Waals surface area contributed by atoms with Crippen LogP contribution < -0.4 is 15.4 Å². The molecule has 0 bridgehead atoms. The molecule has 2 N–H and O–H groups in total. The van der Waals surface area contributed by atoms with Gasteiger partial charge in [-0.25, -0.2) is 9.48 Å². The summed E-state index contributed by atoms with van der Waals surface area (Å²) in [4.78, 5) is 29.1. The Balaban J connectivity index is 1.43. The molecule has 0 aliphatic carbocycles. The highest BCUT2D eigenvalue weighted by atomic mass is 16.4. The van der Waals surface area contributed by atoms with E-state index in [0.717, 1.165) is 36.3 Å². The molecule has 1 aromatic heterocycles. The van der Waals surface area contributed by atoms with Crippen LogP contribution in [0.4, 0.5) is 17.1 Å². The van der Waals surface area contributed by atoms with Crippen LogP contribution in [0.3, 0.4) is 0 Å². The number of rotatable bonds is 6. The van der Waals surface area contributed by atoms with Crippen molar-refractivity contribution >= 4 is 35.2 Å². The summed E-state index contributed by atoms with van der Waals surface area (Å²) in [6, 6.07) is 23.7. The minimum absolute atomic E-state index is 0.0536. The number of para-hydroxylation sites is 1. The number of aromatic nitrogens is 2. The number of hydrogen-bond donors (Lipinski definition) is 2. The molecule has 0 atom stereocenters. The van der Waals surface area contributed by atoms with E-state index < -0.39 is 11.5 Å². The Morgan fingerprint density at radius 1 is 1.00 bits per heavy atom. The summed E-state index contributed by atoms with van der Waals surface area (Å²) in [6.07, 6.45) is 5.24. The van der Waals surface area contributed by atoms with E-state index in [-0.39, 0.29) is 11.3 Å². The van der Waals surface area contributed by atoms with E-state index in [9.17, 15) is 14.7 Å². The van der Waals surface area contributed by atoms with E-state index in [1.54, 1.807) is 30.3 Å².